The summed E-state index contributed by atoms with van der Waals surface area (Å²) in [6.07, 6.45) is -0.631. The molecule has 1 aliphatic heterocycles. The molecule has 0 saturated heterocycles. The number of anilines is 1. The van der Waals surface area contributed by atoms with Gasteiger partial charge in [-0.15, -0.1) is 0 Å². The summed E-state index contributed by atoms with van der Waals surface area (Å²) < 4.78 is 5.19. The fourth-order valence-corrected chi connectivity index (χ4v) is 3.32. The van der Waals surface area contributed by atoms with Crippen molar-refractivity contribution in [3.8, 4) is 0 Å². The standard InChI is InChI=1S/C21H22N2O4/c1-12-8-13(2)19(14(3)9-12)23-18(24)11-22-20(25)17-10-15-6-4-5-7-16(15)21(26)27-17/h4-9,17H,10-11H2,1-3H3,(H,22,25)(H,23,24). The molecule has 0 bridgehead atoms. The third-order valence-corrected chi connectivity index (χ3v) is 4.55. The highest BCUT2D eigenvalue weighted by Crippen LogP contribution is 2.22. The van der Waals surface area contributed by atoms with Crippen molar-refractivity contribution in [3.05, 3.63) is 64.2 Å². The number of amides is 2. The minimum absolute atomic E-state index is 0.193. The van der Waals surface area contributed by atoms with E-state index in [-0.39, 0.29) is 12.5 Å². The van der Waals surface area contributed by atoms with Crippen molar-refractivity contribution < 1.29 is 19.1 Å². The van der Waals surface area contributed by atoms with E-state index in [1.165, 1.54) is 0 Å². The first-order valence-electron chi connectivity index (χ1n) is 8.79. The van der Waals surface area contributed by atoms with Gasteiger partial charge in [0.1, 0.15) is 0 Å². The highest BCUT2D eigenvalue weighted by Gasteiger charge is 2.31. The Kier molecular flexibility index (Phi) is 5.26. The van der Waals surface area contributed by atoms with Gasteiger partial charge in [-0.3, -0.25) is 9.59 Å². The van der Waals surface area contributed by atoms with Gasteiger partial charge in [0.2, 0.25) is 5.91 Å². The van der Waals surface area contributed by atoms with E-state index in [4.69, 9.17) is 4.74 Å². The molecule has 0 radical (unpaired) electrons. The second kappa shape index (κ2) is 7.61. The maximum atomic E-state index is 12.3. The summed E-state index contributed by atoms with van der Waals surface area (Å²) in [5.41, 5.74) is 5.04. The average Bonchev–Trinajstić information content (AvgIpc) is 2.62. The first-order valence-corrected chi connectivity index (χ1v) is 8.79. The molecule has 6 heteroatoms. The van der Waals surface area contributed by atoms with Gasteiger partial charge in [0.15, 0.2) is 6.10 Å². The lowest BCUT2D eigenvalue weighted by Gasteiger charge is -2.23. The Labute approximate surface area is 157 Å². The van der Waals surface area contributed by atoms with E-state index in [2.05, 4.69) is 10.6 Å². The van der Waals surface area contributed by atoms with Crippen LogP contribution in [0, 0.1) is 20.8 Å². The van der Waals surface area contributed by atoms with Crippen LogP contribution in [0.5, 0.6) is 0 Å². The third-order valence-electron chi connectivity index (χ3n) is 4.55. The van der Waals surface area contributed by atoms with Crippen molar-refractivity contribution in [1.82, 2.24) is 5.32 Å². The molecule has 1 heterocycles. The molecule has 0 aromatic heterocycles. The van der Waals surface area contributed by atoms with Crippen LogP contribution in [0.25, 0.3) is 0 Å². The van der Waals surface area contributed by atoms with Crippen molar-refractivity contribution in [2.24, 2.45) is 0 Å². The maximum Gasteiger partial charge on any atom is 0.339 e. The van der Waals surface area contributed by atoms with Crippen LogP contribution in [0.1, 0.15) is 32.6 Å². The molecular formula is C21H22N2O4. The van der Waals surface area contributed by atoms with Gasteiger partial charge in [-0.1, -0.05) is 35.9 Å². The molecule has 2 N–H and O–H groups in total. The highest BCUT2D eigenvalue weighted by atomic mass is 16.5. The third kappa shape index (κ3) is 4.16. The number of esters is 1. The second-order valence-corrected chi connectivity index (χ2v) is 6.79. The Balaban J connectivity index is 1.58. The summed E-state index contributed by atoms with van der Waals surface area (Å²) in [6, 6.07) is 11.0. The molecule has 2 aromatic rings. The van der Waals surface area contributed by atoms with Crippen LogP contribution in [0.2, 0.25) is 0 Å². The van der Waals surface area contributed by atoms with E-state index in [1.807, 2.05) is 39.0 Å². The van der Waals surface area contributed by atoms with Crippen LogP contribution in [0.4, 0.5) is 5.69 Å². The molecule has 140 valence electrons. The fraction of sp³-hybridized carbons (Fsp3) is 0.286. The molecule has 2 aromatic carbocycles. The predicted octanol–water partition coefficient (Wildman–Crippen LogP) is 2.45. The van der Waals surface area contributed by atoms with Crippen molar-refractivity contribution >= 4 is 23.5 Å². The van der Waals surface area contributed by atoms with E-state index in [1.54, 1.807) is 18.2 Å². The van der Waals surface area contributed by atoms with Gasteiger partial charge in [-0.2, -0.15) is 0 Å². The van der Waals surface area contributed by atoms with E-state index in [0.717, 1.165) is 27.9 Å². The Hall–Kier alpha value is -3.15. The Morgan fingerprint density at radius 2 is 1.78 bits per heavy atom. The fourth-order valence-electron chi connectivity index (χ4n) is 3.32. The van der Waals surface area contributed by atoms with E-state index in [9.17, 15) is 14.4 Å². The highest BCUT2D eigenvalue weighted by molar-refractivity contribution is 5.98. The number of carbonyl (C=O) groups is 3. The van der Waals surface area contributed by atoms with Crippen molar-refractivity contribution in [1.29, 1.82) is 0 Å². The topological polar surface area (TPSA) is 84.5 Å². The normalized spacial score (nSPS) is 15.5. The zero-order valence-corrected chi connectivity index (χ0v) is 15.6. The quantitative estimate of drug-likeness (QED) is 0.814. The molecule has 1 unspecified atom stereocenters. The van der Waals surface area contributed by atoms with E-state index < -0.39 is 18.0 Å². The summed E-state index contributed by atoms with van der Waals surface area (Å²) in [5, 5.41) is 5.37. The number of benzene rings is 2. The first kappa shape index (κ1) is 18.6. The van der Waals surface area contributed by atoms with Crippen molar-refractivity contribution in [2.75, 3.05) is 11.9 Å². The summed E-state index contributed by atoms with van der Waals surface area (Å²) >= 11 is 0. The Bertz CT molecular complexity index is 897. The molecule has 6 nitrogen and oxygen atoms in total. The number of hydrogen-bond acceptors (Lipinski definition) is 4. The Morgan fingerprint density at radius 3 is 2.48 bits per heavy atom. The molecule has 0 aliphatic carbocycles. The molecule has 0 saturated carbocycles. The predicted molar refractivity (Wildman–Crippen MR) is 102 cm³/mol. The molecule has 0 spiro atoms. The van der Waals surface area contributed by atoms with Gasteiger partial charge in [-0.05, 0) is 43.5 Å². The van der Waals surface area contributed by atoms with Gasteiger partial charge >= 0.3 is 5.97 Å². The minimum Gasteiger partial charge on any atom is -0.448 e. The van der Waals surface area contributed by atoms with Gasteiger partial charge in [0.25, 0.3) is 5.91 Å². The zero-order chi connectivity index (χ0) is 19.6. The molecule has 1 aliphatic rings. The lowest BCUT2D eigenvalue weighted by molar-refractivity contribution is -0.131. The SMILES string of the molecule is Cc1cc(C)c(NC(=O)CNC(=O)C2Cc3ccccc3C(=O)O2)c(C)c1. The van der Waals surface area contributed by atoms with Gasteiger partial charge < -0.3 is 15.4 Å². The van der Waals surface area contributed by atoms with E-state index >= 15 is 0 Å². The van der Waals surface area contributed by atoms with Crippen LogP contribution >= 0.6 is 0 Å². The first-order chi connectivity index (χ1) is 12.8. The van der Waals surface area contributed by atoms with Gasteiger partial charge in [0, 0.05) is 12.1 Å². The largest absolute Gasteiger partial charge is 0.448 e. The number of ether oxygens (including phenoxy) is 1. The summed E-state index contributed by atoms with van der Waals surface area (Å²) in [4.78, 5) is 36.5. The molecule has 1 atom stereocenters. The maximum absolute atomic E-state index is 12.3. The number of fused-ring (bicyclic) bond motifs is 1. The van der Waals surface area contributed by atoms with Crippen LogP contribution in [0.15, 0.2) is 36.4 Å². The average molecular weight is 366 g/mol. The number of nitrogens with one attached hydrogen (secondary N) is 2. The number of aryl methyl sites for hydroxylation is 3. The van der Waals surface area contributed by atoms with Gasteiger partial charge in [0.05, 0.1) is 12.1 Å². The molecule has 0 fully saturated rings. The van der Waals surface area contributed by atoms with Crippen LogP contribution in [0.3, 0.4) is 0 Å². The molecule has 27 heavy (non-hydrogen) atoms. The van der Waals surface area contributed by atoms with Crippen molar-refractivity contribution in [2.45, 2.75) is 33.3 Å². The van der Waals surface area contributed by atoms with Crippen LogP contribution < -0.4 is 10.6 Å². The van der Waals surface area contributed by atoms with Crippen LogP contribution in [-0.2, 0) is 20.7 Å². The molecule has 2 amide bonds. The Morgan fingerprint density at radius 1 is 1.11 bits per heavy atom. The summed E-state index contributed by atoms with van der Waals surface area (Å²) in [7, 11) is 0. The number of hydrogen-bond donors (Lipinski definition) is 2. The molecule has 3 rings (SSSR count). The zero-order valence-electron chi connectivity index (χ0n) is 15.6. The van der Waals surface area contributed by atoms with E-state index in [0.29, 0.717) is 12.0 Å². The summed E-state index contributed by atoms with van der Waals surface area (Å²) in [6.45, 7) is 5.65. The van der Waals surface area contributed by atoms with Crippen LogP contribution in [-0.4, -0.2) is 30.4 Å². The molecular weight excluding hydrogens is 344 g/mol. The number of rotatable bonds is 4. The number of carbonyl (C=O) groups excluding carboxylic acids is 3. The lowest BCUT2D eigenvalue weighted by Crippen LogP contribution is -2.44. The van der Waals surface area contributed by atoms with Crippen molar-refractivity contribution in [3.63, 3.8) is 0 Å². The lowest BCUT2D eigenvalue weighted by atomic mass is 9.98. The summed E-state index contributed by atoms with van der Waals surface area (Å²) in [5.74, 6) is -1.33. The second-order valence-electron chi connectivity index (χ2n) is 6.79. The smallest absolute Gasteiger partial charge is 0.339 e. The number of cyclic esters (lactones) is 1. The van der Waals surface area contributed by atoms with Gasteiger partial charge in [-0.25, -0.2) is 4.79 Å². The minimum atomic E-state index is -0.928. The monoisotopic (exact) mass is 366 g/mol.